The van der Waals surface area contributed by atoms with Gasteiger partial charge in [0, 0.05) is 28.9 Å². The lowest BCUT2D eigenvalue weighted by Gasteiger charge is -2.12. The summed E-state index contributed by atoms with van der Waals surface area (Å²) in [7, 11) is 3.34. The minimum absolute atomic E-state index is 0.176. The van der Waals surface area contributed by atoms with Crippen molar-refractivity contribution in [2.75, 3.05) is 19.5 Å². The van der Waals surface area contributed by atoms with Crippen LogP contribution in [0.15, 0.2) is 67.0 Å². The first kappa shape index (κ1) is 24.0. The standard InChI is InChI=1S/C29H26N6O2/c1-18-27(35-16-6-5-7-26(35)32-18)23-11-13-25(34-28(36)19(2)30-3)33-24(23)12-9-20-8-10-22-21(17-20)14-15-31-29(22)37-4/h5-8,10-11,13-17,19,30H,1-4H3,(H,33,34,36). The molecule has 0 aliphatic rings. The summed E-state index contributed by atoms with van der Waals surface area (Å²) in [5.41, 5.74) is 4.80. The Kier molecular flexibility index (Phi) is 6.54. The summed E-state index contributed by atoms with van der Waals surface area (Å²) in [5, 5.41) is 7.70. The largest absolute Gasteiger partial charge is 0.481 e. The molecule has 8 heteroatoms. The Morgan fingerprint density at radius 1 is 1.08 bits per heavy atom. The molecule has 0 spiro atoms. The number of methoxy groups -OCH3 is 1. The number of hydrogen-bond donors (Lipinski definition) is 2. The first-order valence-corrected chi connectivity index (χ1v) is 11.9. The highest BCUT2D eigenvalue weighted by Crippen LogP contribution is 2.28. The van der Waals surface area contributed by atoms with E-state index in [0.29, 0.717) is 17.4 Å². The molecule has 0 saturated carbocycles. The number of nitrogens with one attached hydrogen (secondary N) is 2. The van der Waals surface area contributed by atoms with Crippen molar-refractivity contribution >= 4 is 28.1 Å². The molecule has 0 aliphatic carbocycles. The maximum absolute atomic E-state index is 12.5. The number of nitrogens with zero attached hydrogens (tertiary/aromatic N) is 4. The number of imidazole rings is 1. The van der Waals surface area contributed by atoms with E-state index in [9.17, 15) is 4.79 Å². The lowest BCUT2D eigenvalue weighted by atomic mass is 10.1. The van der Waals surface area contributed by atoms with Gasteiger partial charge in [0.05, 0.1) is 24.5 Å². The van der Waals surface area contributed by atoms with Crippen molar-refractivity contribution in [1.29, 1.82) is 0 Å². The molecule has 37 heavy (non-hydrogen) atoms. The van der Waals surface area contributed by atoms with Crippen LogP contribution in [-0.4, -0.2) is 45.5 Å². The number of carbonyl (C=O) groups is 1. The van der Waals surface area contributed by atoms with Gasteiger partial charge in [-0.3, -0.25) is 9.20 Å². The third kappa shape index (κ3) is 4.73. The van der Waals surface area contributed by atoms with Crippen LogP contribution in [0.3, 0.4) is 0 Å². The molecule has 0 bridgehead atoms. The Bertz CT molecular complexity index is 1700. The maximum atomic E-state index is 12.5. The Balaban J connectivity index is 1.62. The Morgan fingerprint density at radius 3 is 2.76 bits per heavy atom. The molecule has 184 valence electrons. The molecule has 5 rings (SSSR count). The average Bonchev–Trinajstić information content (AvgIpc) is 3.26. The molecule has 0 radical (unpaired) electrons. The molecule has 0 fully saturated rings. The summed E-state index contributed by atoms with van der Waals surface area (Å²) in [6.45, 7) is 3.75. The van der Waals surface area contributed by atoms with Crippen LogP contribution in [0.2, 0.25) is 0 Å². The van der Waals surface area contributed by atoms with Gasteiger partial charge >= 0.3 is 0 Å². The predicted octanol–water partition coefficient (Wildman–Crippen LogP) is 4.21. The van der Waals surface area contributed by atoms with E-state index in [1.54, 1.807) is 33.3 Å². The van der Waals surface area contributed by atoms with E-state index in [0.717, 1.165) is 38.9 Å². The van der Waals surface area contributed by atoms with Gasteiger partial charge in [0.2, 0.25) is 11.8 Å². The zero-order valence-corrected chi connectivity index (χ0v) is 21.0. The van der Waals surface area contributed by atoms with Crippen molar-refractivity contribution in [2.24, 2.45) is 0 Å². The highest BCUT2D eigenvalue weighted by molar-refractivity contribution is 5.94. The number of pyridine rings is 3. The highest BCUT2D eigenvalue weighted by atomic mass is 16.5. The van der Waals surface area contributed by atoms with Crippen LogP contribution in [0.4, 0.5) is 5.82 Å². The van der Waals surface area contributed by atoms with E-state index in [1.807, 2.05) is 66.1 Å². The normalized spacial score (nSPS) is 11.7. The van der Waals surface area contributed by atoms with Gasteiger partial charge in [0.15, 0.2) is 0 Å². The van der Waals surface area contributed by atoms with Crippen molar-refractivity contribution in [2.45, 2.75) is 19.9 Å². The van der Waals surface area contributed by atoms with Gasteiger partial charge in [-0.05, 0) is 80.7 Å². The molecule has 1 atom stereocenters. The summed E-state index contributed by atoms with van der Waals surface area (Å²) in [4.78, 5) is 26.2. The summed E-state index contributed by atoms with van der Waals surface area (Å²) in [6, 6.07) is 17.0. The summed E-state index contributed by atoms with van der Waals surface area (Å²) in [5.74, 6) is 7.32. The fraction of sp³-hybridized carbons (Fsp3) is 0.172. The maximum Gasteiger partial charge on any atom is 0.242 e. The van der Waals surface area contributed by atoms with Gasteiger partial charge in [-0.25, -0.2) is 15.0 Å². The molecule has 5 aromatic rings. The monoisotopic (exact) mass is 490 g/mol. The SMILES string of the molecule is CNC(C)C(=O)Nc1ccc(-c2c(C)nc3ccccn23)c(C#Cc2ccc3c(OC)nccc3c2)n1. The van der Waals surface area contributed by atoms with Crippen molar-refractivity contribution in [1.82, 2.24) is 24.7 Å². The predicted molar refractivity (Wildman–Crippen MR) is 145 cm³/mol. The van der Waals surface area contributed by atoms with Crippen LogP contribution in [0.1, 0.15) is 23.9 Å². The second-order valence-electron chi connectivity index (χ2n) is 8.57. The number of rotatable bonds is 5. The molecule has 2 N–H and O–H groups in total. The van der Waals surface area contributed by atoms with Crippen LogP contribution >= 0.6 is 0 Å². The molecule has 1 aromatic carbocycles. The Labute approximate surface area is 214 Å². The summed E-state index contributed by atoms with van der Waals surface area (Å²) in [6.07, 6.45) is 3.68. The van der Waals surface area contributed by atoms with Crippen molar-refractivity contribution < 1.29 is 9.53 Å². The minimum atomic E-state index is -0.360. The van der Waals surface area contributed by atoms with Crippen LogP contribution in [0, 0.1) is 18.8 Å². The Hall–Kier alpha value is -4.74. The van der Waals surface area contributed by atoms with E-state index in [-0.39, 0.29) is 11.9 Å². The van der Waals surface area contributed by atoms with Gasteiger partial charge in [-0.2, -0.15) is 0 Å². The van der Waals surface area contributed by atoms with Gasteiger partial charge in [-0.1, -0.05) is 12.0 Å². The zero-order chi connectivity index (χ0) is 25.9. The van der Waals surface area contributed by atoms with Gasteiger partial charge in [0.25, 0.3) is 0 Å². The molecule has 8 nitrogen and oxygen atoms in total. The van der Waals surface area contributed by atoms with Crippen LogP contribution in [-0.2, 0) is 4.79 Å². The second kappa shape index (κ2) is 10.1. The number of anilines is 1. The lowest BCUT2D eigenvalue weighted by molar-refractivity contribution is -0.117. The van der Waals surface area contributed by atoms with Crippen LogP contribution in [0.25, 0.3) is 27.7 Å². The van der Waals surface area contributed by atoms with Crippen molar-refractivity contribution in [3.05, 3.63) is 83.9 Å². The van der Waals surface area contributed by atoms with Crippen LogP contribution in [0.5, 0.6) is 5.88 Å². The first-order chi connectivity index (χ1) is 18.0. The summed E-state index contributed by atoms with van der Waals surface area (Å²) < 4.78 is 7.39. The lowest BCUT2D eigenvalue weighted by Crippen LogP contribution is -2.35. The van der Waals surface area contributed by atoms with Crippen LogP contribution < -0.4 is 15.4 Å². The molecular formula is C29H26N6O2. The first-order valence-electron chi connectivity index (χ1n) is 11.9. The quantitative estimate of drug-likeness (QED) is 0.359. The minimum Gasteiger partial charge on any atom is -0.481 e. The summed E-state index contributed by atoms with van der Waals surface area (Å²) >= 11 is 0. The number of aromatic nitrogens is 4. The molecule has 0 saturated heterocycles. The molecule has 0 aliphatic heterocycles. The third-order valence-corrected chi connectivity index (χ3v) is 6.18. The van der Waals surface area contributed by atoms with Gasteiger partial charge < -0.3 is 15.4 Å². The highest BCUT2D eigenvalue weighted by Gasteiger charge is 2.17. The number of fused-ring (bicyclic) bond motifs is 2. The second-order valence-corrected chi connectivity index (χ2v) is 8.57. The number of aryl methyl sites for hydroxylation is 1. The zero-order valence-electron chi connectivity index (χ0n) is 21.0. The van der Waals surface area contributed by atoms with Gasteiger partial charge in [0.1, 0.15) is 17.2 Å². The van der Waals surface area contributed by atoms with E-state index < -0.39 is 0 Å². The fourth-order valence-corrected chi connectivity index (χ4v) is 4.14. The molecular weight excluding hydrogens is 464 g/mol. The Morgan fingerprint density at radius 2 is 1.95 bits per heavy atom. The number of benzene rings is 1. The molecule has 4 heterocycles. The molecule has 1 unspecified atom stereocenters. The van der Waals surface area contributed by atoms with E-state index in [1.165, 1.54) is 0 Å². The fourth-order valence-electron chi connectivity index (χ4n) is 4.14. The van der Waals surface area contributed by atoms with Gasteiger partial charge in [-0.15, -0.1) is 0 Å². The number of likely N-dealkylation sites (N-methyl/N-ethyl adjacent to an activating group) is 1. The molecule has 1 amide bonds. The molecule has 4 aromatic heterocycles. The smallest absolute Gasteiger partial charge is 0.242 e. The third-order valence-electron chi connectivity index (χ3n) is 6.18. The van der Waals surface area contributed by atoms with E-state index in [4.69, 9.17) is 14.7 Å². The van der Waals surface area contributed by atoms with E-state index >= 15 is 0 Å². The number of amides is 1. The topological polar surface area (TPSA) is 93.4 Å². The number of ether oxygens (including phenoxy) is 1. The average molecular weight is 491 g/mol. The number of carbonyl (C=O) groups excluding carboxylic acids is 1. The number of hydrogen-bond acceptors (Lipinski definition) is 6. The van der Waals surface area contributed by atoms with Crippen molar-refractivity contribution in [3.8, 4) is 29.0 Å². The van der Waals surface area contributed by atoms with Crippen molar-refractivity contribution in [3.63, 3.8) is 0 Å². The van der Waals surface area contributed by atoms with E-state index in [2.05, 4.69) is 27.5 Å².